The molecule has 4 nitrogen and oxygen atoms in total. The average molecular weight is 282 g/mol. The molecular weight excluding hydrogens is 276 g/mol. The summed E-state index contributed by atoms with van der Waals surface area (Å²) in [4.78, 5) is 14.6. The van der Waals surface area contributed by atoms with Crippen LogP contribution in [0.1, 0.15) is 10.4 Å². The van der Waals surface area contributed by atoms with E-state index < -0.39 is 12.6 Å². The molecule has 82 valence electrons. The van der Waals surface area contributed by atoms with E-state index in [2.05, 4.69) is 30.4 Å². The molecule has 0 aliphatic rings. The molecule has 7 heteroatoms. The second-order valence-electron chi connectivity index (χ2n) is 2.38. The van der Waals surface area contributed by atoms with Crippen LogP contribution in [0.15, 0.2) is 16.7 Å². The fraction of sp³-hybridized carbons (Fsp3) is 0.250. The Labute approximate surface area is 92.3 Å². The number of pyridine rings is 1. The van der Waals surface area contributed by atoms with E-state index in [9.17, 15) is 13.6 Å². The molecule has 0 aliphatic heterocycles. The lowest BCUT2D eigenvalue weighted by Gasteiger charge is -2.06. The molecule has 0 saturated carbocycles. The largest absolute Gasteiger partial charge is 0.465 e. The number of hydrogen-bond acceptors (Lipinski definition) is 4. The molecule has 0 radical (unpaired) electrons. The lowest BCUT2D eigenvalue weighted by atomic mass is 10.3. The Kier molecular flexibility index (Phi) is 3.96. The molecule has 0 saturated heterocycles. The number of carbonyl (C=O) groups excluding carboxylic acids is 1. The molecule has 0 bridgehead atoms. The van der Waals surface area contributed by atoms with Crippen LogP contribution in [0.5, 0.6) is 5.88 Å². The van der Waals surface area contributed by atoms with Crippen molar-refractivity contribution in [2.75, 3.05) is 7.11 Å². The van der Waals surface area contributed by atoms with E-state index in [1.165, 1.54) is 13.2 Å². The molecule has 1 heterocycles. The zero-order chi connectivity index (χ0) is 11.4. The van der Waals surface area contributed by atoms with Crippen LogP contribution in [0.3, 0.4) is 0 Å². The molecule has 0 aliphatic carbocycles. The van der Waals surface area contributed by atoms with Crippen molar-refractivity contribution in [2.45, 2.75) is 6.61 Å². The maximum Gasteiger partial charge on any atom is 0.388 e. The van der Waals surface area contributed by atoms with Gasteiger partial charge in [-0.15, -0.1) is 0 Å². The third-order valence-corrected chi connectivity index (χ3v) is 2.00. The van der Waals surface area contributed by atoms with Crippen molar-refractivity contribution in [1.29, 1.82) is 0 Å². The summed E-state index contributed by atoms with van der Waals surface area (Å²) in [5.74, 6) is -0.885. The molecule has 0 amide bonds. The minimum Gasteiger partial charge on any atom is -0.465 e. The first kappa shape index (κ1) is 11.8. The van der Waals surface area contributed by atoms with Crippen LogP contribution in [-0.2, 0) is 4.74 Å². The standard InChI is InChI=1S/C8H6BrF2NO3/c1-14-7(13)4-2-5(9)6(12-3-4)15-8(10)11/h2-3,8H,1H3. The predicted molar refractivity (Wildman–Crippen MR) is 49.9 cm³/mol. The van der Waals surface area contributed by atoms with E-state index in [0.717, 1.165) is 6.20 Å². The maximum absolute atomic E-state index is 11.9. The highest BCUT2D eigenvalue weighted by Gasteiger charge is 2.13. The number of hydrogen-bond donors (Lipinski definition) is 0. The molecule has 0 unspecified atom stereocenters. The van der Waals surface area contributed by atoms with Crippen LogP contribution in [-0.4, -0.2) is 24.7 Å². The number of alkyl halides is 2. The number of ether oxygens (including phenoxy) is 2. The monoisotopic (exact) mass is 281 g/mol. The molecular formula is C8H6BrF2NO3. The van der Waals surface area contributed by atoms with E-state index >= 15 is 0 Å². The summed E-state index contributed by atoms with van der Waals surface area (Å²) < 4.78 is 32.4. The van der Waals surface area contributed by atoms with Crippen molar-refractivity contribution in [3.8, 4) is 5.88 Å². The zero-order valence-corrected chi connectivity index (χ0v) is 9.12. The van der Waals surface area contributed by atoms with Gasteiger partial charge in [0, 0.05) is 6.20 Å². The first-order valence-electron chi connectivity index (χ1n) is 3.73. The lowest BCUT2D eigenvalue weighted by Crippen LogP contribution is -2.06. The summed E-state index contributed by atoms with van der Waals surface area (Å²) >= 11 is 2.94. The van der Waals surface area contributed by atoms with Crippen molar-refractivity contribution in [1.82, 2.24) is 4.98 Å². The van der Waals surface area contributed by atoms with Gasteiger partial charge in [-0.3, -0.25) is 0 Å². The normalized spacial score (nSPS) is 10.2. The second-order valence-corrected chi connectivity index (χ2v) is 3.24. The van der Waals surface area contributed by atoms with Crippen molar-refractivity contribution in [3.05, 3.63) is 22.3 Å². The number of rotatable bonds is 3. The zero-order valence-electron chi connectivity index (χ0n) is 7.54. The molecule has 0 fully saturated rings. The smallest absolute Gasteiger partial charge is 0.388 e. The van der Waals surface area contributed by atoms with E-state index in [1.54, 1.807) is 0 Å². The number of carbonyl (C=O) groups is 1. The second kappa shape index (κ2) is 5.01. The van der Waals surface area contributed by atoms with Gasteiger partial charge in [-0.05, 0) is 22.0 Å². The van der Waals surface area contributed by atoms with Gasteiger partial charge in [-0.2, -0.15) is 8.78 Å². The SMILES string of the molecule is COC(=O)c1cnc(OC(F)F)c(Br)c1. The number of esters is 1. The molecule has 0 atom stereocenters. The van der Waals surface area contributed by atoms with Crippen LogP contribution < -0.4 is 4.74 Å². The maximum atomic E-state index is 11.9. The van der Waals surface area contributed by atoms with Gasteiger partial charge in [-0.1, -0.05) is 0 Å². The quantitative estimate of drug-likeness (QED) is 0.798. The molecule has 1 rings (SSSR count). The summed E-state index contributed by atoms with van der Waals surface area (Å²) in [7, 11) is 1.21. The van der Waals surface area contributed by atoms with Gasteiger partial charge in [0.25, 0.3) is 0 Å². The molecule has 15 heavy (non-hydrogen) atoms. The number of methoxy groups -OCH3 is 1. The summed E-state index contributed by atoms with van der Waals surface area (Å²) in [6, 6.07) is 1.29. The van der Waals surface area contributed by atoms with Gasteiger partial charge in [-0.25, -0.2) is 9.78 Å². The highest BCUT2D eigenvalue weighted by atomic mass is 79.9. The highest BCUT2D eigenvalue weighted by molar-refractivity contribution is 9.10. The Balaban J connectivity index is 2.93. The van der Waals surface area contributed by atoms with Gasteiger partial charge in [0.15, 0.2) is 0 Å². The first-order valence-corrected chi connectivity index (χ1v) is 4.52. The van der Waals surface area contributed by atoms with E-state index in [4.69, 9.17) is 0 Å². The van der Waals surface area contributed by atoms with Crippen LogP contribution in [0.4, 0.5) is 8.78 Å². The van der Waals surface area contributed by atoms with Crippen molar-refractivity contribution < 1.29 is 23.0 Å². The Bertz CT molecular complexity index is 373. The van der Waals surface area contributed by atoms with Gasteiger partial charge < -0.3 is 9.47 Å². The molecule has 1 aromatic heterocycles. The Morgan fingerprint density at radius 1 is 1.60 bits per heavy atom. The Hall–Kier alpha value is -1.24. The fourth-order valence-corrected chi connectivity index (χ4v) is 1.27. The third-order valence-electron chi connectivity index (χ3n) is 1.43. The first-order chi connectivity index (χ1) is 7.04. The van der Waals surface area contributed by atoms with Crippen LogP contribution in [0.25, 0.3) is 0 Å². The van der Waals surface area contributed by atoms with Crippen LogP contribution in [0.2, 0.25) is 0 Å². The van der Waals surface area contributed by atoms with Crippen LogP contribution in [0, 0.1) is 0 Å². The predicted octanol–water partition coefficient (Wildman–Crippen LogP) is 2.23. The summed E-state index contributed by atoms with van der Waals surface area (Å²) in [5, 5.41) is 0. The minimum absolute atomic E-state index is 0.144. The number of halogens is 3. The molecule has 0 spiro atoms. The highest BCUT2D eigenvalue weighted by Crippen LogP contribution is 2.24. The molecule has 0 N–H and O–H groups in total. The summed E-state index contributed by atoms with van der Waals surface area (Å²) in [6.07, 6.45) is 1.09. The summed E-state index contributed by atoms with van der Waals surface area (Å²) in [6.45, 7) is -2.96. The van der Waals surface area contributed by atoms with Gasteiger partial charge in [0.2, 0.25) is 5.88 Å². The van der Waals surface area contributed by atoms with E-state index in [0.29, 0.717) is 0 Å². The minimum atomic E-state index is -2.96. The van der Waals surface area contributed by atoms with Crippen molar-refractivity contribution in [2.24, 2.45) is 0 Å². The van der Waals surface area contributed by atoms with Gasteiger partial charge >= 0.3 is 12.6 Å². The van der Waals surface area contributed by atoms with E-state index in [1.807, 2.05) is 0 Å². The van der Waals surface area contributed by atoms with Crippen molar-refractivity contribution in [3.63, 3.8) is 0 Å². The van der Waals surface area contributed by atoms with Crippen molar-refractivity contribution >= 4 is 21.9 Å². The fourth-order valence-electron chi connectivity index (χ4n) is 0.826. The summed E-state index contributed by atoms with van der Waals surface area (Å²) in [5.41, 5.74) is 0.144. The lowest BCUT2D eigenvalue weighted by molar-refractivity contribution is -0.0534. The number of aromatic nitrogens is 1. The van der Waals surface area contributed by atoms with E-state index in [-0.39, 0.29) is 15.9 Å². The van der Waals surface area contributed by atoms with Gasteiger partial charge in [0.1, 0.15) is 0 Å². The Morgan fingerprint density at radius 3 is 2.73 bits per heavy atom. The van der Waals surface area contributed by atoms with Gasteiger partial charge in [0.05, 0.1) is 17.1 Å². The molecule has 1 aromatic rings. The number of nitrogens with zero attached hydrogens (tertiary/aromatic N) is 1. The van der Waals surface area contributed by atoms with Crippen LogP contribution >= 0.6 is 15.9 Å². The molecule has 0 aromatic carbocycles. The Morgan fingerprint density at radius 2 is 2.27 bits per heavy atom. The average Bonchev–Trinajstić information content (AvgIpc) is 2.19. The topological polar surface area (TPSA) is 48.4 Å². The third kappa shape index (κ3) is 3.12.